The smallest absolute Gasteiger partial charge is 0.232 e. The van der Waals surface area contributed by atoms with Gasteiger partial charge in [-0.3, -0.25) is 4.79 Å². The van der Waals surface area contributed by atoms with Crippen molar-refractivity contribution in [3.05, 3.63) is 76.9 Å². The lowest BCUT2D eigenvalue weighted by Gasteiger charge is -2.39. The minimum Gasteiger partial charge on any atom is -0.493 e. The third-order valence-corrected chi connectivity index (χ3v) is 5.91. The first-order valence-corrected chi connectivity index (χ1v) is 10.4. The minimum atomic E-state index is -0.369. The third-order valence-electron chi connectivity index (χ3n) is 5.91. The van der Waals surface area contributed by atoms with Crippen LogP contribution in [0, 0.1) is 6.92 Å². The van der Waals surface area contributed by atoms with Gasteiger partial charge in [-0.05, 0) is 59.5 Å². The van der Waals surface area contributed by atoms with Crippen molar-refractivity contribution in [2.75, 3.05) is 33.3 Å². The number of amides is 1. The summed E-state index contributed by atoms with van der Waals surface area (Å²) in [5.74, 6) is 2.48. The largest absolute Gasteiger partial charge is 0.493 e. The van der Waals surface area contributed by atoms with Crippen molar-refractivity contribution in [2.45, 2.75) is 19.4 Å². The fourth-order valence-electron chi connectivity index (χ4n) is 4.33. The highest BCUT2D eigenvalue weighted by Gasteiger charge is 2.36. The molecule has 0 saturated carbocycles. The van der Waals surface area contributed by atoms with Crippen LogP contribution < -0.4 is 23.8 Å². The van der Waals surface area contributed by atoms with Gasteiger partial charge in [0.25, 0.3) is 0 Å². The van der Waals surface area contributed by atoms with Crippen LogP contribution in [-0.4, -0.2) is 34.3 Å². The van der Waals surface area contributed by atoms with Crippen LogP contribution in [0.1, 0.15) is 28.3 Å². The molecule has 1 unspecified atom stereocenters. The van der Waals surface area contributed by atoms with Gasteiger partial charge < -0.3 is 23.8 Å². The molecule has 6 heteroatoms. The molecule has 0 aromatic heterocycles. The van der Waals surface area contributed by atoms with Gasteiger partial charge in [-0.1, -0.05) is 24.3 Å². The first-order valence-electron chi connectivity index (χ1n) is 10.4. The number of benzene rings is 3. The predicted molar refractivity (Wildman–Crippen MR) is 123 cm³/mol. The van der Waals surface area contributed by atoms with E-state index < -0.39 is 0 Å². The zero-order valence-corrected chi connectivity index (χ0v) is 19.0. The second kappa shape index (κ2) is 8.83. The van der Waals surface area contributed by atoms with E-state index in [4.69, 9.17) is 18.9 Å². The number of carbonyl (C=O) groups is 1. The second-order valence-corrected chi connectivity index (χ2v) is 7.65. The van der Waals surface area contributed by atoms with Crippen LogP contribution in [0.5, 0.6) is 23.0 Å². The Morgan fingerprint density at radius 3 is 2.06 bits per heavy atom. The molecule has 32 heavy (non-hydrogen) atoms. The quantitative estimate of drug-likeness (QED) is 0.564. The first kappa shape index (κ1) is 21.6. The number of anilines is 1. The standard InChI is InChI=1S/C26H27NO5/c1-16-8-6-7-9-20(16)27-25(28)14-18-13-23(31-4)24(32-5)15-19(18)26(27)17-10-11-21(29-2)22(12-17)30-3/h6-13,15,26H,14H2,1-5H3. The molecule has 1 amide bonds. The summed E-state index contributed by atoms with van der Waals surface area (Å²) in [7, 11) is 6.42. The summed E-state index contributed by atoms with van der Waals surface area (Å²) in [5.41, 5.74) is 4.70. The van der Waals surface area contributed by atoms with E-state index >= 15 is 0 Å². The zero-order chi connectivity index (χ0) is 22.8. The lowest BCUT2D eigenvalue weighted by Crippen LogP contribution is -2.41. The predicted octanol–water partition coefficient (Wildman–Crippen LogP) is 4.71. The van der Waals surface area contributed by atoms with Crippen LogP contribution in [0.3, 0.4) is 0 Å². The Labute approximate surface area is 188 Å². The number of nitrogens with zero attached hydrogens (tertiary/aromatic N) is 1. The van der Waals surface area contributed by atoms with Crippen LogP contribution in [0.15, 0.2) is 54.6 Å². The Kier molecular flexibility index (Phi) is 5.95. The summed E-state index contributed by atoms with van der Waals surface area (Å²) in [6, 6.07) is 17.2. The van der Waals surface area contributed by atoms with Crippen molar-refractivity contribution < 1.29 is 23.7 Å². The molecule has 1 aliphatic heterocycles. The average Bonchev–Trinajstić information content (AvgIpc) is 2.82. The van der Waals surface area contributed by atoms with E-state index in [2.05, 4.69) is 0 Å². The van der Waals surface area contributed by atoms with Crippen molar-refractivity contribution in [1.82, 2.24) is 0 Å². The molecule has 0 bridgehead atoms. The van der Waals surface area contributed by atoms with E-state index in [1.54, 1.807) is 28.4 Å². The molecule has 0 fully saturated rings. The van der Waals surface area contributed by atoms with Crippen LogP contribution in [-0.2, 0) is 11.2 Å². The molecule has 0 N–H and O–H groups in total. The molecule has 6 nitrogen and oxygen atoms in total. The number of hydrogen-bond acceptors (Lipinski definition) is 5. The number of hydrogen-bond donors (Lipinski definition) is 0. The number of rotatable bonds is 6. The van der Waals surface area contributed by atoms with E-state index in [0.29, 0.717) is 23.0 Å². The number of para-hydroxylation sites is 1. The number of fused-ring (bicyclic) bond motifs is 1. The van der Waals surface area contributed by atoms with Crippen LogP contribution in [0.2, 0.25) is 0 Å². The van der Waals surface area contributed by atoms with Crippen molar-refractivity contribution in [3.63, 3.8) is 0 Å². The summed E-state index contributed by atoms with van der Waals surface area (Å²) in [5, 5.41) is 0. The van der Waals surface area contributed by atoms with Gasteiger partial charge in [0, 0.05) is 5.69 Å². The molecule has 3 aromatic rings. The van der Waals surface area contributed by atoms with E-state index in [1.165, 1.54) is 0 Å². The van der Waals surface area contributed by atoms with E-state index in [0.717, 1.165) is 27.9 Å². The van der Waals surface area contributed by atoms with Crippen molar-refractivity contribution in [1.29, 1.82) is 0 Å². The number of aryl methyl sites for hydroxylation is 1. The maximum absolute atomic E-state index is 13.5. The van der Waals surface area contributed by atoms with Gasteiger partial charge in [-0.15, -0.1) is 0 Å². The molecule has 0 radical (unpaired) electrons. The van der Waals surface area contributed by atoms with Gasteiger partial charge in [0.15, 0.2) is 23.0 Å². The summed E-state index contributed by atoms with van der Waals surface area (Å²) in [6.45, 7) is 2.01. The number of methoxy groups -OCH3 is 4. The molecule has 1 atom stereocenters. The number of ether oxygens (including phenoxy) is 4. The second-order valence-electron chi connectivity index (χ2n) is 7.65. The fraction of sp³-hybridized carbons (Fsp3) is 0.269. The Morgan fingerprint density at radius 1 is 0.781 bits per heavy atom. The van der Waals surface area contributed by atoms with E-state index in [9.17, 15) is 4.79 Å². The van der Waals surface area contributed by atoms with E-state index in [1.807, 2.05) is 66.4 Å². The van der Waals surface area contributed by atoms with Crippen molar-refractivity contribution >= 4 is 11.6 Å². The van der Waals surface area contributed by atoms with Gasteiger partial charge in [-0.25, -0.2) is 0 Å². The Balaban J connectivity index is 1.98. The molecule has 166 valence electrons. The molecule has 0 saturated heterocycles. The van der Waals surface area contributed by atoms with Gasteiger partial charge in [0.1, 0.15) is 0 Å². The van der Waals surface area contributed by atoms with Gasteiger partial charge >= 0.3 is 0 Å². The molecule has 0 spiro atoms. The van der Waals surface area contributed by atoms with E-state index in [-0.39, 0.29) is 18.4 Å². The number of carbonyl (C=O) groups excluding carboxylic acids is 1. The topological polar surface area (TPSA) is 57.2 Å². The third kappa shape index (κ3) is 3.62. The zero-order valence-electron chi connectivity index (χ0n) is 19.0. The highest BCUT2D eigenvalue weighted by molar-refractivity contribution is 5.99. The molecule has 4 rings (SSSR count). The van der Waals surface area contributed by atoms with Crippen LogP contribution >= 0.6 is 0 Å². The Hall–Kier alpha value is -3.67. The highest BCUT2D eigenvalue weighted by atomic mass is 16.5. The fourth-order valence-corrected chi connectivity index (χ4v) is 4.33. The van der Waals surface area contributed by atoms with Gasteiger partial charge in [0.2, 0.25) is 5.91 Å². The minimum absolute atomic E-state index is 0.0128. The van der Waals surface area contributed by atoms with Gasteiger partial charge in [0.05, 0.1) is 40.9 Å². The average molecular weight is 434 g/mol. The molecular formula is C26H27NO5. The Bertz CT molecular complexity index is 1160. The molecule has 1 aliphatic rings. The summed E-state index contributed by atoms with van der Waals surface area (Å²) >= 11 is 0. The summed E-state index contributed by atoms with van der Waals surface area (Å²) in [4.78, 5) is 15.4. The van der Waals surface area contributed by atoms with Crippen molar-refractivity contribution in [2.24, 2.45) is 0 Å². The first-order chi connectivity index (χ1) is 15.5. The van der Waals surface area contributed by atoms with Crippen molar-refractivity contribution in [3.8, 4) is 23.0 Å². The normalized spacial score (nSPS) is 15.2. The van der Waals surface area contributed by atoms with Gasteiger partial charge in [-0.2, -0.15) is 0 Å². The SMILES string of the molecule is COc1ccc(C2c3cc(OC)c(OC)cc3CC(=O)N2c2ccccc2C)cc1OC. The molecular weight excluding hydrogens is 406 g/mol. The monoisotopic (exact) mass is 433 g/mol. The highest BCUT2D eigenvalue weighted by Crippen LogP contribution is 2.45. The molecule has 3 aromatic carbocycles. The maximum atomic E-state index is 13.5. The maximum Gasteiger partial charge on any atom is 0.232 e. The van der Waals surface area contributed by atoms with Crippen LogP contribution in [0.25, 0.3) is 0 Å². The Morgan fingerprint density at radius 2 is 1.41 bits per heavy atom. The van der Waals surface area contributed by atoms with Crippen LogP contribution in [0.4, 0.5) is 5.69 Å². The molecule has 0 aliphatic carbocycles. The summed E-state index contributed by atoms with van der Waals surface area (Å²) < 4.78 is 22.1. The summed E-state index contributed by atoms with van der Waals surface area (Å²) in [6.07, 6.45) is 0.272. The molecule has 1 heterocycles. The lowest BCUT2D eigenvalue weighted by molar-refractivity contribution is -0.118. The lowest BCUT2D eigenvalue weighted by atomic mass is 9.86.